The van der Waals surface area contributed by atoms with Gasteiger partial charge in [-0.1, -0.05) is 17.7 Å². The lowest BCUT2D eigenvalue weighted by atomic mass is 9.83. The number of hydrogen-bond donors (Lipinski definition) is 1. The van der Waals surface area contributed by atoms with E-state index in [1.165, 1.54) is 6.07 Å². The van der Waals surface area contributed by atoms with Crippen LogP contribution >= 0.6 is 23.3 Å². The number of halogens is 2. The first-order valence-electron chi connectivity index (χ1n) is 6.64. The molecule has 4 nitrogen and oxygen atoms in total. The third-order valence-electron chi connectivity index (χ3n) is 3.83. The molecule has 0 saturated heterocycles. The summed E-state index contributed by atoms with van der Waals surface area (Å²) in [6.45, 7) is 0. The Morgan fingerprint density at radius 2 is 2.09 bits per heavy atom. The molecule has 7 heteroatoms. The minimum absolute atomic E-state index is 0.129. The number of nitrogens with zero attached hydrogens (tertiary/aromatic N) is 2. The Labute approximate surface area is 134 Å². The van der Waals surface area contributed by atoms with E-state index in [0.717, 1.165) is 22.8 Å². The molecule has 0 radical (unpaired) electrons. The second kappa shape index (κ2) is 5.00. The molecule has 0 unspecified atom stereocenters. The summed E-state index contributed by atoms with van der Waals surface area (Å²) in [6.07, 6.45) is 0.129. The third kappa shape index (κ3) is 1.99. The van der Waals surface area contributed by atoms with E-state index in [9.17, 15) is 9.18 Å². The van der Waals surface area contributed by atoms with Crippen LogP contribution in [0.25, 0.3) is 11.0 Å². The Hall–Kier alpha value is -2.05. The van der Waals surface area contributed by atoms with E-state index >= 15 is 0 Å². The first kappa shape index (κ1) is 13.6. The van der Waals surface area contributed by atoms with Crippen molar-refractivity contribution in [3.8, 4) is 0 Å². The molecular formula is C15H9ClFN3OS. The van der Waals surface area contributed by atoms with Crippen molar-refractivity contribution in [1.82, 2.24) is 8.75 Å². The topological polar surface area (TPSA) is 54.9 Å². The number of carbonyl (C=O) groups excluding carboxylic acids is 1. The van der Waals surface area contributed by atoms with E-state index < -0.39 is 11.7 Å². The Kier molecular flexibility index (Phi) is 3.09. The second-order valence-corrected chi connectivity index (χ2v) is 6.03. The quantitative estimate of drug-likeness (QED) is 0.733. The predicted octanol–water partition coefficient (Wildman–Crippen LogP) is 3.96. The molecule has 1 aliphatic heterocycles. The molecule has 3 aromatic rings. The van der Waals surface area contributed by atoms with Gasteiger partial charge in [-0.25, -0.2) is 4.39 Å². The van der Waals surface area contributed by atoms with Gasteiger partial charge in [0.05, 0.1) is 11.7 Å². The summed E-state index contributed by atoms with van der Waals surface area (Å²) >= 11 is 7.29. The van der Waals surface area contributed by atoms with Crippen LogP contribution in [0.5, 0.6) is 0 Å². The molecule has 2 aromatic carbocycles. The smallest absolute Gasteiger partial charge is 0.225 e. The molecule has 2 heterocycles. The number of aromatic nitrogens is 2. The molecule has 22 heavy (non-hydrogen) atoms. The van der Waals surface area contributed by atoms with Gasteiger partial charge in [0, 0.05) is 34.2 Å². The summed E-state index contributed by atoms with van der Waals surface area (Å²) in [7, 11) is 0. The predicted molar refractivity (Wildman–Crippen MR) is 83.9 cm³/mol. The third-order valence-corrected chi connectivity index (χ3v) is 4.70. The highest BCUT2D eigenvalue weighted by atomic mass is 35.5. The SMILES string of the molecule is O=C1C[C@@H](c2c(F)cccc2Cl)c2c(ccc3nsnc23)N1. The Balaban J connectivity index is 2.03. The van der Waals surface area contributed by atoms with Crippen molar-refractivity contribution in [1.29, 1.82) is 0 Å². The summed E-state index contributed by atoms with van der Waals surface area (Å²) in [6, 6.07) is 8.11. The number of anilines is 1. The summed E-state index contributed by atoms with van der Waals surface area (Å²) < 4.78 is 22.8. The van der Waals surface area contributed by atoms with Gasteiger partial charge in [-0.3, -0.25) is 4.79 Å². The summed E-state index contributed by atoms with van der Waals surface area (Å²) in [4.78, 5) is 12.0. The fourth-order valence-corrected chi connectivity index (χ4v) is 3.76. The van der Waals surface area contributed by atoms with Crippen molar-refractivity contribution in [3.05, 3.63) is 52.3 Å². The molecule has 4 rings (SSSR count). The van der Waals surface area contributed by atoms with Crippen LogP contribution in [0.1, 0.15) is 23.5 Å². The number of hydrogen-bond acceptors (Lipinski definition) is 4. The lowest BCUT2D eigenvalue weighted by molar-refractivity contribution is -0.116. The van der Waals surface area contributed by atoms with Crippen molar-refractivity contribution in [2.75, 3.05) is 5.32 Å². The molecule has 1 aliphatic rings. The van der Waals surface area contributed by atoms with Gasteiger partial charge in [0.2, 0.25) is 5.91 Å². The van der Waals surface area contributed by atoms with E-state index in [1.807, 2.05) is 0 Å². The van der Waals surface area contributed by atoms with Gasteiger partial charge in [0.15, 0.2) is 0 Å². The van der Waals surface area contributed by atoms with Gasteiger partial charge in [0.1, 0.15) is 16.9 Å². The number of rotatable bonds is 1. The van der Waals surface area contributed by atoms with Crippen molar-refractivity contribution in [2.45, 2.75) is 12.3 Å². The van der Waals surface area contributed by atoms with Gasteiger partial charge >= 0.3 is 0 Å². The maximum atomic E-state index is 14.3. The number of carbonyl (C=O) groups is 1. The molecule has 1 N–H and O–H groups in total. The van der Waals surface area contributed by atoms with E-state index in [-0.39, 0.29) is 12.3 Å². The average Bonchev–Trinajstić information content (AvgIpc) is 2.94. The zero-order valence-electron chi connectivity index (χ0n) is 11.1. The van der Waals surface area contributed by atoms with Gasteiger partial charge in [0.25, 0.3) is 0 Å². The molecule has 1 atom stereocenters. The number of amides is 1. The van der Waals surface area contributed by atoms with Crippen molar-refractivity contribution in [2.24, 2.45) is 0 Å². The first-order chi connectivity index (χ1) is 10.6. The van der Waals surface area contributed by atoms with Crippen LogP contribution in [0.4, 0.5) is 10.1 Å². The molecule has 1 aromatic heterocycles. The average molecular weight is 334 g/mol. The molecule has 0 fully saturated rings. The van der Waals surface area contributed by atoms with Crippen LogP contribution in [0, 0.1) is 5.82 Å². The van der Waals surface area contributed by atoms with Crippen molar-refractivity contribution in [3.63, 3.8) is 0 Å². The van der Waals surface area contributed by atoms with Crippen LogP contribution < -0.4 is 5.32 Å². The highest BCUT2D eigenvalue weighted by Crippen LogP contribution is 2.43. The molecule has 110 valence electrons. The standard InChI is InChI=1S/C15H9ClFN3OS/c16-8-2-1-3-9(17)13(8)7-6-12(21)18-10-4-5-11-15(14(7)10)20-22-19-11/h1-5,7H,6H2,(H,18,21)/t7-/m0/s1. The molecule has 0 bridgehead atoms. The van der Waals surface area contributed by atoms with E-state index in [1.54, 1.807) is 24.3 Å². The van der Waals surface area contributed by atoms with E-state index in [4.69, 9.17) is 11.6 Å². The van der Waals surface area contributed by atoms with Gasteiger partial charge in [-0.15, -0.1) is 0 Å². The fourth-order valence-electron chi connectivity index (χ4n) is 2.91. The summed E-state index contributed by atoms with van der Waals surface area (Å²) in [5, 5.41) is 3.12. The number of fused-ring (bicyclic) bond motifs is 3. The monoisotopic (exact) mass is 333 g/mol. The fraction of sp³-hybridized carbons (Fsp3) is 0.133. The normalized spacial score (nSPS) is 17.4. The van der Waals surface area contributed by atoms with Crippen LogP contribution in [0.2, 0.25) is 5.02 Å². The van der Waals surface area contributed by atoms with Gasteiger partial charge in [-0.05, 0) is 24.3 Å². The molecule has 0 saturated carbocycles. The Morgan fingerprint density at radius 1 is 1.23 bits per heavy atom. The van der Waals surface area contributed by atoms with E-state index in [0.29, 0.717) is 21.8 Å². The summed E-state index contributed by atoms with van der Waals surface area (Å²) in [5.74, 6) is -1.05. The summed E-state index contributed by atoms with van der Waals surface area (Å²) in [5.41, 5.74) is 3.17. The van der Waals surface area contributed by atoms with Crippen LogP contribution in [0.15, 0.2) is 30.3 Å². The molecular weight excluding hydrogens is 325 g/mol. The zero-order chi connectivity index (χ0) is 15.3. The highest BCUT2D eigenvalue weighted by Gasteiger charge is 2.32. The second-order valence-electron chi connectivity index (χ2n) is 5.10. The van der Waals surface area contributed by atoms with Crippen LogP contribution in [0.3, 0.4) is 0 Å². The Bertz CT molecular complexity index is 891. The molecule has 0 spiro atoms. The van der Waals surface area contributed by atoms with Gasteiger partial charge < -0.3 is 5.32 Å². The first-order valence-corrected chi connectivity index (χ1v) is 7.75. The largest absolute Gasteiger partial charge is 0.326 e. The number of nitrogens with one attached hydrogen (secondary N) is 1. The minimum atomic E-state index is -0.468. The Morgan fingerprint density at radius 3 is 2.91 bits per heavy atom. The lowest BCUT2D eigenvalue weighted by Gasteiger charge is -2.27. The molecule has 1 amide bonds. The van der Waals surface area contributed by atoms with Crippen molar-refractivity contribution >= 4 is 46.0 Å². The highest BCUT2D eigenvalue weighted by molar-refractivity contribution is 7.00. The van der Waals surface area contributed by atoms with Crippen LogP contribution in [-0.2, 0) is 4.79 Å². The number of benzene rings is 2. The molecule has 0 aliphatic carbocycles. The van der Waals surface area contributed by atoms with E-state index in [2.05, 4.69) is 14.1 Å². The maximum Gasteiger partial charge on any atom is 0.225 e. The van der Waals surface area contributed by atoms with Crippen molar-refractivity contribution < 1.29 is 9.18 Å². The van der Waals surface area contributed by atoms with Gasteiger partial charge in [-0.2, -0.15) is 8.75 Å². The minimum Gasteiger partial charge on any atom is -0.326 e. The zero-order valence-corrected chi connectivity index (χ0v) is 12.7. The maximum absolute atomic E-state index is 14.3. The lowest BCUT2D eigenvalue weighted by Crippen LogP contribution is -2.24. The van der Waals surface area contributed by atoms with Crippen LogP contribution in [-0.4, -0.2) is 14.7 Å².